The smallest absolute Gasteiger partial charge is 0.276 e. The first-order valence-corrected chi connectivity index (χ1v) is 7.90. The van der Waals surface area contributed by atoms with Crippen molar-refractivity contribution in [2.45, 2.75) is 0 Å². The van der Waals surface area contributed by atoms with Gasteiger partial charge in [-0.2, -0.15) is 5.10 Å². The van der Waals surface area contributed by atoms with Crippen molar-refractivity contribution in [3.8, 4) is 0 Å². The van der Waals surface area contributed by atoms with Crippen LogP contribution in [0.25, 0.3) is 0 Å². The molecule has 0 aromatic heterocycles. The zero-order valence-corrected chi connectivity index (χ0v) is 14.6. The summed E-state index contributed by atoms with van der Waals surface area (Å²) in [5, 5.41) is 11.5. The van der Waals surface area contributed by atoms with Crippen LogP contribution in [0.4, 0.5) is 11.4 Å². The first-order chi connectivity index (χ1) is 11.5. The first kappa shape index (κ1) is 16.5. The van der Waals surface area contributed by atoms with Crippen molar-refractivity contribution in [3.05, 3.63) is 57.6 Å². The van der Waals surface area contributed by atoms with Gasteiger partial charge < -0.3 is 10.2 Å². The van der Waals surface area contributed by atoms with E-state index in [4.69, 9.17) is 23.2 Å². The molecule has 0 spiro atoms. The van der Waals surface area contributed by atoms with Crippen LogP contribution in [0.15, 0.2) is 46.6 Å². The van der Waals surface area contributed by atoms with Crippen molar-refractivity contribution < 1.29 is 4.79 Å². The number of amides is 1. The van der Waals surface area contributed by atoms with Gasteiger partial charge in [0.2, 0.25) is 0 Å². The number of carbonyl (C=O) groups excluding carboxylic acids is 1. The van der Waals surface area contributed by atoms with Crippen LogP contribution in [0.1, 0.15) is 11.1 Å². The Balaban J connectivity index is 1.86. The summed E-state index contributed by atoms with van der Waals surface area (Å²) in [6.45, 7) is 0. The Morgan fingerprint density at radius 2 is 1.83 bits per heavy atom. The molecule has 0 unspecified atom stereocenters. The number of benzene rings is 2. The Bertz CT molecular complexity index is 858. The summed E-state index contributed by atoms with van der Waals surface area (Å²) in [5.41, 5.74) is 3.23. The zero-order valence-electron chi connectivity index (χ0n) is 13.0. The molecule has 1 amide bonds. The molecule has 24 heavy (non-hydrogen) atoms. The van der Waals surface area contributed by atoms with E-state index in [9.17, 15) is 4.79 Å². The summed E-state index contributed by atoms with van der Waals surface area (Å²) in [6.07, 6.45) is 1.59. The van der Waals surface area contributed by atoms with Crippen LogP contribution in [0.5, 0.6) is 0 Å². The molecule has 0 bridgehead atoms. The van der Waals surface area contributed by atoms with Crippen LogP contribution in [0.2, 0.25) is 10.0 Å². The number of hydrogen-bond acceptors (Lipinski definition) is 4. The van der Waals surface area contributed by atoms with Gasteiger partial charge in [-0.05, 0) is 29.8 Å². The lowest BCUT2D eigenvalue weighted by Gasteiger charge is -2.11. The summed E-state index contributed by atoms with van der Waals surface area (Å²) >= 11 is 12.1. The number of halogens is 2. The second kappa shape index (κ2) is 6.63. The molecule has 0 saturated carbocycles. The highest BCUT2D eigenvalue weighted by Crippen LogP contribution is 2.34. The Labute approximate surface area is 149 Å². The molecule has 0 radical (unpaired) electrons. The molecule has 0 saturated heterocycles. The van der Waals surface area contributed by atoms with Gasteiger partial charge in [0.05, 0.1) is 16.9 Å². The average Bonchev–Trinajstić information content (AvgIpc) is 2.85. The normalized spacial score (nSPS) is 15.0. The quantitative estimate of drug-likeness (QED) is 0.667. The second-order valence-corrected chi connectivity index (χ2v) is 6.29. The fourth-order valence-corrected chi connectivity index (χ4v) is 2.83. The van der Waals surface area contributed by atoms with Crippen LogP contribution in [0, 0.1) is 0 Å². The number of anilines is 2. The maximum atomic E-state index is 12.0. The van der Waals surface area contributed by atoms with Crippen LogP contribution >= 0.6 is 23.2 Å². The summed E-state index contributed by atoms with van der Waals surface area (Å²) in [7, 11) is 3.95. The summed E-state index contributed by atoms with van der Waals surface area (Å²) in [6, 6.07) is 11.0. The van der Waals surface area contributed by atoms with E-state index in [1.165, 1.54) is 0 Å². The Hall–Kier alpha value is -2.37. The zero-order chi connectivity index (χ0) is 17.3. The minimum atomic E-state index is -0.353. The monoisotopic (exact) mass is 360 g/mol. The molecule has 1 heterocycles. The maximum absolute atomic E-state index is 12.0. The molecule has 2 aromatic rings. The lowest BCUT2D eigenvalue weighted by atomic mass is 10.1. The number of fused-ring (bicyclic) bond motifs is 1. The minimum Gasteiger partial charge on any atom is -0.378 e. The maximum Gasteiger partial charge on any atom is 0.276 e. The van der Waals surface area contributed by atoms with E-state index >= 15 is 0 Å². The molecule has 3 rings (SSSR count). The van der Waals surface area contributed by atoms with Gasteiger partial charge in [-0.25, -0.2) is 0 Å². The van der Waals surface area contributed by atoms with Crippen molar-refractivity contribution in [1.29, 1.82) is 0 Å². The summed E-state index contributed by atoms with van der Waals surface area (Å²) in [5.74, 6) is -0.353. The Kier molecular flexibility index (Phi) is 4.55. The third-order valence-corrected chi connectivity index (χ3v) is 4.05. The Morgan fingerprint density at radius 3 is 2.50 bits per heavy atom. The van der Waals surface area contributed by atoms with Crippen molar-refractivity contribution in [1.82, 2.24) is 0 Å². The van der Waals surface area contributed by atoms with Gasteiger partial charge in [0, 0.05) is 30.4 Å². The molecule has 7 heteroatoms. The number of nitrogens with one attached hydrogen (secondary N) is 1. The molecule has 0 fully saturated rings. The third kappa shape index (κ3) is 3.27. The van der Waals surface area contributed by atoms with Crippen LogP contribution in [0.3, 0.4) is 0 Å². The van der Waals surface area contributed by atoms with Gasteiger partial charge in [-0.15, -0.1) is 5.10 Å². The molecular formula is C17H14Cl2N4O. The minimum absolute atomic E-state index is 0.190. The number of carbonyl (C=O) groups is 1. The lowest BCUT2D eigenvalue weighted by molar-refractivity contribution is -0.110. The molecule has 5 nitrogen and oxygen atoms in total. The first-order valence-electron chi connectivity index (χ1n) is 7.15. The molecule has 2 aromatic carbocycles. The van der Waals surface area contributed by atoms with Crippen molar-refractivity contribution in [3.63, 3.8) is 0 Å². The van der Waals surface area contributed by atoms with Crippen LogP contribution in [-0.2, 0) is 4.79 Å². The molecular weight excluding hydrogens is 347 g/mol. The molecule has 1 N–H and O–H groups in total. The van der Waals surface area contributed by atoms with Crippen molar-refractivity contribution in [2.75, 3.05) is 24.3 Å². The topological polar surface area (TPSA) is 57.1 Å². The van der Waals surface area contributed by atoms with Gasteiger partial charge in [-0.3, -0.25) is 4.79 Å². The van der Waals surface area contributed by atoms with E-state index in [0.29, 0.717) is 21.3 Å². The predicted molar refractivity (Wildman–Crippen MR) is 100.0 cm³/mol. The van der Waals surface area contributed by atoms with Crippen molar-refractivity contribution >= 4 is 52.4 Å². The highest BCUT2D eigenvalue weighted by Gasteiger charge is 2.28. The van der Waals surface area contributed by atoms with Gasteiger partial charge in [-0.1, -0.05) is 35.3 Å². The standard InChI is InChI=1S/C17H14Cl2N4O/c1-23(2)12-5-3-10(4-6-12)9-20-22-16-13-7-11(18)8-14(19)15(13)21-17(16)24/h3-9H,1-2H3,(H,21,22,24). The van der Waals surface area contributed by atoms with Crippen molar-refractivity contribution in [2.24, 2.45) is 10.2 Å². The van der Waals surface area contributed by atoms with E-state index in [0.717, 1.165) is 11.3 Å². The van der Waals surface area contributed by atoms with E-state index < -0.39 is 0 Å². The third-order valence-electron chi connectivity index (χ3n) is 3.54. The molecule has 0 atom stereocenters. The number of nitrogens with zero attached hydrogens (tertiary/aromatic N) is 3. The van der Waals surface area contributed by atoms with Gasteiger partial charge >= 0.3 is 0 Å². The Morgan fingerprint density at radius 1 is 1.12 bits per heavy atom. The van der Waals surface area contributed by atoms with E-state index in [-0.39, 0.29) is 11.6 Å². The van der Waals surface area contributed by atoms with Crippen LogP contribution < -0.4 is 10.2 Å². The molecule has 122 valence electrons. The van der Waals surface area contributed by atoms with E-state index in [2.05, 4.69) is 15.5 Å². The fraction of sp³-hybridized carbons (Fsp3) is 0.118. The number of hydrogen-bond donors (Lipinski definition) is 1. The number of rotatable bonds is 3. The molecule has 1 aliphatic rings. The SMILES string of the molecule is CN(C)c1ccc(C=NN=C2C(=O)Nc3c(Cl)cc(Cl)cc32)cc1. The average molecular weight is 361 g/mol. The van der Waals surface area contributed by atoms with E-state index in [1.54, 1.807) is 18.3 Å². The predicted octanol–water partition coefficient (Wildman–Crippen LogP) is 3.83. The van der Waals surface area contributed by atoms with E-state index in [1.807, 2.05) is 43.3 Å². The lowest BCUT2D eigenvalue weighted by Crippen LogP contribution is -2.13. The molecule has 0 aliphatic carbocycles. The molecule has 1 aliphatic heterocycles. The van der Waals surface area contributed by atoms with Gasteiger partial charge in [0.15, 0.2) is 5.71 Å². The fourth-order valence-electron chi connectivity index (χ4n) is 2.29. The highest BCUT2D eigenvalue weighted by molar-refractivity contribution is 6.56. The van der Waals surface area contributed by atoms with Gasteiger partial charge in [0.25, 0.3) is 5.91 Å². The van der Waals surface area contributed by atoms with Gasteiger partial charge in [0.1, 0.15) is 0 Å². The van der Waals surface area contributed by atoms with Crippen LogP contribution in [-0.4, -0.2) is 31.9 Å². The largest absolute Gasteiger partial charge is 0.378 e. The second-order valence-electron chi connectivity index (χ2n) is 5.44. The summed E-state index contributed by atoms with van der Waals surface area (Å²) in [4.78, 5) is 14.0. The highest BCUT2D eigenvalue weighted by atomic mass is 35.5. The summed E-state index contributed by atoms with van der Waals surface area (Å²) < 4.78 is 0.